The lowest BCUT2D eigenvalue weighted by Gasteiger charge is -2.13. The van der Waals surface area contributed by atoms with Gasteiger partial charge in [-0.15, -0.1) is 0 Å². The molecular formula is C16H17NO3. The summed E-state index contributed by atoms with van der Waals surface area (Å²) in [4.78, 5) is 12.4. The van der Waals surface area contributed by atoms with Gasteiger partial charge in [-0.05, 0) is 36.8 Å². The largest absolute Gasteiger partial charge is 0.496 e. The van der Waals surface area contributed by atoms with Crippen LogP contribution in [-0.2, 0) is 0 Å². The highest BCUT2D eigenvalue weighted by atomic mass is 16.5. The van der Waals surface area contributed by atoms with Gasteiger partial charge in [-0.1, -0.05) is 18.2 Å². The van der Waals surface area contributed by atoms with Crippen molar-refractivity contribution in [1.82, 2.24) is 0 Å². The molecule has 0 aliphatic heterocycles. The molecule has 4 heteroatoms. The molecule has 104 valence electrons. The summed E-state index contributed by atoms with van der Waals surface area (Å²) in [6.45, 7) is 1.97. The van der Waals surface area contributed by atoms with E-state index in [0.29, 0.717) is 17.1 Å². The Bertz CT molecular complexity index is 601. The first-order valence-corrected chi connectivity index (χ1v) is 6.24. The van der Waals surface area contributed by atoms with Gasteiger partial charge in [-0.3, -0.25) is 4.79 Å². The van der Waals surface area contributed by atoms with Crippen LogP contribution in [0.25, 0.3) is 0 Å². The van der Waals surface area contributed by atoms with E-state index < -0.39 is 0 Å². The third-order valence-electron chi connectivity index (χ3n) is 2.93. The number of amides is 1. The fraction of sp³-hybridized carbons (Fsp3) is 0.188. The fourth-order valence-electron chi connectivity index (χ4n) is 1.99. The van der Waals surface area contributed by atoms with Crippen LogP contribution >= 0.6 is 0 Å². The second kappa shape index (κ2) is 6.10. The smallest absolute Gasteiger partial charge is 0.263 e. The molecule has 0 radical (unpaired) electrons. The van der Waals surface area contributed by atoms with Crippen LogP contribution in [0.3, 0.4) is 0 Å². The highest BCUT2D eigenvalue weighted by Crippen LogP contribution is 2.29. The zero-order valence-electron chi connectivity index (χ0n) is 11.8. The Labute approximate surface area is 118 Å². The maximum absolute atomic E-state index is 12.4. The van der Waals surface area contributed by atoms with Crippen LogP contribution in [0.5, 0.6) is 11.5 Å². The second-order valence-electron chi connectivity index (χ2n) is 4.36. The summed E-state index contributed by atoms with van der Waals surface area (Å²) in [7, 11) is 3.05. The van der Waals surface area contributed by atoms with E-state index in [1.807, 2.05) is 31.2 Å². The van der Waals surface area contributed by atoms with Crippen molar-refractivity contribution in [1.29, 1.82) is 0 Å². The lowest BCUT2D eigenvalue weighted by atomic mass is 10.1. The maximum atomic E-state index is 12.4. The summed E-state index contributed by atoms with van der Waals surface area (Å²) in [6.07, 6.45) is 0. The number of hydrogen-bond donors (Lipinski definition) is 1. The molecule has 2 rings (SSSR count). The summed E-state index contributed by atoms with van der Waals surface area (Å²) < 4.78 is 10.5. The molecule has 0 saturated heterocycles. The van der Waals surface area contributed by atoms with Crippen molar-refractivity contribution in [2.45, 2.75) is 6.92 Å². The van der Waals surface area contributed by atoms with Crippen molar-refractivity contribution >= 4 is 11.6 Å². The first kappa shape index (κ1) is 13.9. The minimum Gasteiger partial charge on any atom is -0.496 e. The Hall–Kier alpha value is -2.49. The van der Waals surface area contributed by atoms with Gasteiger partial charge in [-0.25, -0.2) is 0 Å². The number of hydrogen-bond acceptors (Lipinski definition) is 3. The third kappa shape index (κ3) is 2.91. The van der Waals surface area contributed by atoms with Crippen molar-refractivity contribution < 1.29 is 14.3 Å². The van der Waals surface area contributed by atoms with Crippen molar-refractivity contribution in [3.8, 4) is 11.5 Å². The SMILES string of the molecule is COc1cccc(OC)c1C(=O)Nc1cccc(C)c1. The van der Waals surface area contributed by atoms with Gasteiger partial charge < -0.3 is 14.8 Å². The molecule has 0 heterocycles. The molecule has 2 aromatic rings. The van der Waals surface area contributed by atoms with E-state index >= 15 is 0 Å². The molecule has 0 aliphatic rings. The second-order valence-corrected chi connectivity index (χ2v) is 4.36. The summed E-state index contributed by atoms with van der Waals surface area (Å²) in [5.41, 5.74) is 2.21. The standard InChI is InChI=1S/C16H17NO3/c1-11-6-4-7-12(10-11)17-16(18)15-13(19-2)8-5-9-14(15)20-3/h4-10H,1-3H3,(H,17,18). The van der Waals surface area contributed by atoms with Crippen molar-refractivity contribution in [2.75, 3.05) is 19.5 Å². The molecule has 0 spiro atoms. The average Bonchev–Trinajstić information content (AvgIpc) is 2.46. The fourth-order valence-corrected chi connectivity index (χ4v) is 1.99. The zero-order valence-corrected chi connectivity index (χ0v) is 11.8. The lowest BCUT2D eigenvalue weighted by molar-refractivity contribution is 0.102. The molecule has 4 nitrogen and oxygen atoms in total. The number of benzene rings is 2. The van der Waals surface area contributed by atoms with Gasteiger partial charge >= 0.3 is 0 Å². The van der Waals surface area contributed by atoms with Gasteiger partial charge in [0.1, 0.15) is 17.1 Å². The Kier molecular flexibility index (Phi) is 4.25. The molecule has 0 unspecified atom stereocenters. The van der Waals surface area contributed by atoms with E-state index in [1.165, 1.54) is 14.2 Å². The van der Waals surface area contributed by atoms with Crippen LogP contribution in [0.1, 0.15) is 15.9 Å². The first-order valence-electron chi connectivity index (χ1n) is 6.24. The van der Waals surface area contributed by atoms with Crippen molar-refractivity contribution in [3.63, 3.8) is 0 Å². The summed E-state index contributed by atoms with van der Waals surface area (Å²) in [5, 5.41) is 2.85. The number of methoxy groups -OCH3 is 2. The summed E-state index contributed by atoms with van der Waals surface area (Å²) in [6, 6.07) is 12.8. The van der Waals surface area contributed by atoms with Crippen LogP contribution in [0.2, 0.25) is 0 Å². The van der Waals surface area contributed by atoms with E-state index in [9.17, 15) is 4.79 Å². The van der Waals surface area contributed by atoms with Crippen LogP contribution in [0.4, 0.5) is 5.69 Å². The maximum Gasteiger partial charge on any atom is 0.263 e. The molecule has 1 N–H and O–H groups in total. The number of nitrogens with one attached hydrogen (secondary N) is 1. The van der Waals surface area contributed by atoms with Gasteiger partial charge in [0, 0.05) is 5.69 Å². The molecule has 1 amide bonds. The molecule has 0 aliphatic carbocycles. The number of carbonyl (C=O) groups excluding carboxylic acids is 1. The minimum atomic E-state index is -0.259. The average molecular weight is 271 g/mol. The molecule has 0 atom stereocenters. The van der Waals surface area contributed by atoms with Gasteiger partial charge in [-0.2, -0.15) is 0 Å². The third-order valence-corrected chi connectivity index (χ3v) is 2.93. The summed E-state index contributed by atoms with van der Waals surface area (Å²) in [5.74, 6) is 0.703. The highest BCUT2D eigenvalue weighted by Gasteiger charge is 2.18. The van der Waals surface area contributed by atoms with Crippen LogP contribution in [-0.4, -0.2) is 20.1 Å². The highest BCUT2D eigenvalue weighted by molar-refractivity contribution is 6.08. The van der Waals surface area contributed by atoms with Crippen LogP contribution in [0, 0.1) is 6.92 Å². The zero-order chi connectivity index (χ0) is 14.5. The summed E-state index contributed by atoms with van der Waals surface area (Å²) >= 11 is 0. The Balaban J connectivity index is 2.33. The molecule has 0 aromatic heterocycles. The molecule has 20 heavy (non-hydrogen) atoms. The monoisotopic (exact) mass is 271 g/mol. The van der Waals surface area contributed by atoms with Crippen molar-refractivity contribution in [3.05, 3.63) is 53.6 Å². The molecule has 0 bridgehead atoms. The molecular weight excluding hydrogens is 254 g/mol. The van der Waals surface area contributed by atoms with E-state index in [0.717, 1.165) is 11.3 Å². The van der Waals surface area contributed by atoms with Crippen LogP contribution < -0.4 is 14.8 Å². The molecule has 2 aromatic carbocycles. The number of carbonyl (C=O) groups is 1. The number of aryl methyl sites for hydroxylation is 1. The van der Waals surface area contributed by atoms with E-state index in [1.54, 1.807) is 18.2 Å². The molecule has 0 saturated carbocycles. The van der Waals surface area contributed by atoms with Gasteiger partial charge in [0.25, 0.3) is 5.91 Å². The topological polar surface area (TPSA) is 47.6 Å². The lowest BCUT2D eigenvalue weighted by Crippen LogP contribution is -2.14. The number of ether oxygens (including phenoxy) is 2. The molecule has 0 fully saturated rings. The number of anilines is 1. The van der Waals surface area contributed by atoms with E-state index in [-0.39, 0.29) is 5.91 Å². The normalized spacial score (nSPS) is 9.95. The predicted molar refractivity (Wildman–Crippen MR) is 78.7 cm³/mol. The van der Waals surface area contributed by atoms with E-state index in [2.05, 4.69) is 5.32 Å². The number of rotatable bonds is 4. The van der Waals surface area contributed by atoms with Crippen LogP contribution in [0.15, 0.2) is 42.5 Å². The van der Waals surface area contributed by atoms with Crippen molar-refractivity contribution in [2.24, 2.45) is 0 Å². The Morgan fingerprint density at radius 3 is 2.15 bits per heavy atom. The van der Waals surface area contributed by atoms with Gasteiger partial charge in [0.2, 0.25) is 0 Å². The van der Waals surface area contributed by atoms with Gasteiger partial charge in [0.15, 0.2) is 0 Å². The Morgan fingerprint density at radius 1 is 1.00 bits per heavy atom. The van der Waals surface area contributed by atoms with E-state index in [4.69, 9.17) is 9.47 Å². The first-order chi connectivity index (χ1) is 9.65. The van der Waals surface area contributed by atoms with Gasteiger partial charge in [0.05, 0.1) is 14.2 Å². The quantitative estimate of drug-likeness (QED) is 0.928. The minimum absolute atomic E-state index is 0.259. The predicted octanol–water partition coefficient (Wildman–Crippen LogP) is 3.26. The Morgan fingerprint density at radius 2 is 1.60 bits per heavy atom.